The maximum absolute atomic E-state index is 13.1. The Labute approximate surface area is 122 Å². The van der Waals surface area contributed by atoms with Gasteiger partial charge in [-0.05, 0) is 44.0 Å². The average Bonchev–Trinajstić information content (AvgIpc) is 2.83. The molecular weight excluding hydrogens is 279 g/mol. The molecule has 2 fully saturated rings. The first kappa shape index (κ1) is 14.5. The number of anilines is 2. The Morgan fingerprint density at radius 3 is 2.71 bits per heavy atom. The van der Waals surface area contributed by atoms with E-state index in [1.807, 2.05) is 0 Å². The number of nitrogens with one attached hydrogen (secondary N) is 1. The zero-order valence-corrected chi connectivity index (χ0v) is 11.8. The van der Waals surface area contributed by atoms with Gasteiger partial charge in [-0.15, -0.1) is 0 Å². The standard InChI is InChI=1S/C15H20F3N3/c16-15(17,18)11-9-10(19)4-5-12(11)20-13-6-8-21-7-2-1-3-14(13)21/h4-5,9,13-14,20H,1-3,6-8,19H2. The van der Waals surface area contributed by atoms with E-state index >= 15 is 0 Å². The van der Waals surface area contributed by atoms with Crippen molar-refractivity contribution in [1.29, 1.82) is 0 Å². The number of nitrogen functional groups attached to an aromatic ring is 1. The first-order chi connectivity index (χ1) is 9.95. The van der Waals surface area contributed by atoms with Gasteiger partial charge in [0.05, 0.1) is 5.56 Å². The fraction of sp³-hybridized carbons (Fsp3) is 0.600. The minimum Gasteiger partial charge on any atom is -0.399 e. The summed E-state index contributed by atoms with van der Waals surface area (Å²) in [6.07, 6.45) is -0.0744. The molecular formula is C15H20F3N3. The Bertz CT molecular complexity index is 515. The molecule has 0 aromatic heterocycles. The second-order valence-electron chi connectivity index (χ2n) is 5.94. The number of rotatable bonds is 2. The third kappa shape index (κ3) is 2.95. The van der Waals surface area contributed by atoms with Gasteiger partial charge < -0.3 is 11.1 Å². The number of nitrogens with two attached hydrogens (primary N) is 1. The van der Waals surface area contributed by atoms with Gasteiger partial charge in [-0.3, -0.25) is 4.90 Å². The highest BCUT2D eigenvalue weighted by atomic mass is 19.4. The van der Waals surface area contributed by atoms with Crippen molar-refractivity contribution in [2.45, 2.75) is 43.9 Å². The number of hydrogen-bond donors (Lipinski definition) is 2. The third-order valence-electron chi connectivity index (χ3n) is 4.55. The lowest BCUT2D eigenvalue weighted by Crippen LogP contribution is -2.41. The second-order valence-corrected chi connectivity index (χ2v) is 5.94. The van der Waals surface area contributed by atoms with Crippen molar-refractivity contribution >= 4 is 11.4 Å². The van der Waals surface area contributed by atoms with E-state index in [1.165, 1.54) is 18.6 Å². The van der Waals surface area contributed by atoms with Crippen LogP contribution in [0.5, 0.6) is 0 Å². The molecule has 0 saturated carbocycles. The molecule has 0 aliphatic carbocycles. The Morgan fingerprint density at radius 1 is 1.14 bits per heavy atom. The molecule has 2 unspecified atom stereocenters. The van der Waals surface area contributed by atoms with Crippen LogP contribution in [0.15, 0.2) is 18.2 Å². The van der Waals surface area contributed by atoms with Gasteiger partial charge in [0.15, 0.2) is 0 Å². The lowest BCUT2D eigenvalue weighted by Gasteiger charge is -2.33. The number of hydrogen-bond acceptors (Lipinski definition) is 3. The van der Waals surface area contributed by atoms with Crippen molar-refractivity contribution in [3.05, 3.63) is 23.8 Å². The Balaban J connectivity index is 1.82. The van der Waals surface area contributed by atoms with Crippen molar-refractivity contribution in [3.63, 3.8) is 0 Å². The number of fused-ring (bicyclic) bond motifs is 1. The minimum atomic E-state index is -4.39. The number of piperidine rings is 1. The molecule has 6 heteroatoms. The van der Waals surface area contributed by atoms with E-state index in [0.717, 1.165) is 38.4 Å². The van der Waals surface area contributed by atoms with Crippen molar-refractivity contribution in [3.8, 4) is 0 Å². The summed E-state index contributed by atoms with van der Waals surface area (Å²) < 4.78 is 39.4. The van der Waals surface area contributed by atoms with E-state index in [0.29, 0.717) is 6.04 Å². The molecule has 21 heavy (non-hydrogen) atoms. The van der Waals surface area contributed by atoms with Gasteiger partial charge in [0.25, 0.3) is 0 Å². The summed E-state index contributed by atoms with van der Waals surface area (Å²) in [5.74, 6) is 0. The summed E-state index contributed by atoms with van der Waals surface area (Å²) in [5.41, 5.74) is 5.12. The number of alkyl halides is 3. The van der Waals surface area contributed by atoms with Crippen LogP contribution in [0.1, 0.15) is 31.2 Å². The Kier molecular flexibility index (Phi) is 3.73. The maximum atomic E-state index is 13.1. The largest absolute Gasteiger partial charge is 0.418 e. The van der Waals surface area contributed by atoms with E-state index < -0.39 is 11.7 Å². The SMILES string of the molecule is Nc1ccc(NC2CCN3CCCCC23)c(C(F)(F)F)c1. The van der Waals surface area contributed by atoms with Gasteiger partial charge in [0, 0.05) is 30.0 Å². The normalized spacial score (nSPS) is 26.6. The van der Waals surface area contributed by atoms with Crippen molar-refractivity contribution < 1.29 is 13.2 Å². The zero-order valence-electron chi connectivity index (χ0n) is 11.8. The molecule has 3 rings (SSSR count). The van der Waals surface area contributed by atoms with Gasteiger partial charge in [-0.2, -0.15) is 13.2 Å². The van der Waals surface area contributed by atoms with Gasteiger partial charge >= 0.3 is 6.18 Å². The molecule has 1 aromatic rings. The summed E-state index contributed by atoms with van der Waals surface area (Å²) in [7, 11) is 0. The van der Waals surface area contributed by atoms with Crippen molar-refractivity contribution in [2.75, 3.05) is 24.1 Å². The lowest BCUT2D eigenvalue weighted by atomic mass is 9.98. The zero-order chi connectivity index (χ0) is 15.0. The topological polar surface area (TPSA) is 41.3 Å². The van der Waals surface area contributed by atoms with Crippen molar-refractivity contribution in [2.24, 2.45) is 0 Å². The monoisotopic (exact) mass is 299 g/mol. The predicted molar refractivity (Wildman–Crippen MR) is 77.1 cm³/mol. The molecule has 2 heterocycles. The van der Waals surface area contributed by atoms with Crippen LogP contribution in [0, 0.1) is 0 Å². The van der Waals surface area contributed by atoms with Crippen LogP contribution < -0.4 is 11.1 Å². The van der Waals surface area contributed by atoms with E-state index in [2.05, 4.69) is 10.2 Å². The first-order valence-corrected chi connectivity index (χ1v) is 7.42. The molecule has 0 bridgehead atoms. The molecule has 0 spiro atoms. The fourth-order valence-corrected chi connectivity index (χ4v) is 3.54. The van der Waals surface area contributed by atoms with Gasteiger partial charge in [-0.1, -0.05) is 6.42 Å². The molecule has 2 aliphatic heterocycles. The molecule has 0 radical (unpaired) electrons. The van der Waals surface area contributed by atoms with Crippen LogP contribution in [0.3, 0.4) is 0 Å². The Morgan fingerprint density at radius 2 is 1.95 bits per heavy atom. The van der Waals surface area contributed by atoms with E-state index in [9.17, 15) is 13.2 Å². The van der Waals surface area contributed by atoms with E-state index in [4.69, 9.17) is 5.73 Å². The van der Waals surface area contributed by atoms with Crippen LogP contribution in [0.2, 0.25) is 0 Å². The molecule has 3 nitrogen and oxygen atoms in total. The molecule has 116 valence electrons. The predicted octanol–water partition coefficient (Wildman–Crippen LogP) is 3.33. The quantitative estimate of drug-likeness (QED) is 0.823. The Hall–Kier alpha value is -1.43. The van der Waals surface area contributed by atoms with Crippen LogP contribution in [0.25, 0.3) is 0 Å². The number of halogens is 3. The summed E-state index contributed by atoms with van der Waals surface area (Å²) in [4.78, 5) is 2.39. The van der Waals surface area contributed by atoms with E-state index in [-0.39, 0.29) is 17.4 Å². The van der Waals surface area contributed by atoms with Crippen LogP contribution >= 0.6 is 0 Å². The highest BCUT2D eigenvalue weighted by Crippen LogP contribution is 2.38. The molecule has 0 amide bonds. The van der Waals surface area contributed by atoms with Crippen LogP contribution in [-0.4, -0.2) is 30.1 Å². The van der Waals surface area contributed by atoms with Gasteiger partial charge in [-0.25, -0.2) is 0 Å². The molecule has 2 saturated heterocycles. The van der Waals surface area contributed by atoms with Crippen LogP contribution in [0.4, 0.5) is 24.5 Å². The highest BCUT2D eigenvalue weighted by molar-refractivity contribution is 5.60. The average molecular weight is 299 g/mol. The summed E-state index contributed by atoms with van der Waals surface area (Å²) >= 11 is 0. The molecule has 2 atom stereocenters. The second kappa shape index (κ2) is 5.40. The van der Waals surface area contributed by atoms with Gasteiger partial charge in [0.2, 0.25) is 0 Å². The first-order valence-electron chi connectivity index (χ1n) is 7.42. The number of nitrogens with zero attached hydrogens (tertiary/aromatic N) is 1. The molecule has 1 aromatic carbocycles. The summed E-state index contributed by atoms with van der Waals surface area (Å²) in [6.45, 7) is 2.04. The fourth-order valence-electron chi connectivity index (χ4n) is 3.54. The van der Waals surface area contributed by atoms with Crippen molar-refractivity contribution in [1.82, 2.24) is 4.90 Å². The minimum absolute atomic E-state index is 0.0926. The lowest BCUT2D eigenvalue weighted by molar-refractivity contribution is -0.136. The summed E-state index contributed by atoms with van der Waals surface area (Å²) in [5, 5.41) is 3.13. The molecule has 3 N–H and O–H groups in total. The maximum Gasteiger partial charge on any atom is 0.418 e. The van der Waals surface area contributed by atoms with E-state index in [1.54, 1.807) is 0 Å². The number of benzene rings is 1. The third-order valence-corrected chi connectivity index (χ3v) is 4.55. The highest BCUT2D eigenvalue weighted by Gasteiger charge is 2.38. The van der Waals surface area contributed by atoms with Crippen LogP contribution in [-0.2, 0) is 6.18 Å². The molecule has 2 aliphatic rings. The van der Waals surface area contributed by atoms with Gasteiger partial charge in [0.1, 0.15) is 0 Å². The smallest absolute Gasteiger partial charge is 0.399 e. The summed E-state index contributed by atoms with van der Waals surface area (Å²) in [6, 6.07) is 4.43.